The van der Waals surface area contributed by atoms with Crippen molar-refractivity contribution in [2.24, 2.45) is 0 Å². The summed E-state index contributed by atoms with van der Waals surface area (Å²) in [5.41, 5.74) is 2.62. The average Bonchev–Trinajstić information content (AvgIpc) is 2.53. The molecule has 1 aliphatic rings. The number of urea groups is 1. The van der Waals surface area contributed by atoms with Gasteiger partial charge in [0.05, 0.1) is 6.04 Å². The van der Waals surface area contributed by atoms with E-state index in [0.29, 0.717) is 0 Å². The van der Waals surface area contributed by atoms with E-state index >= 15 is 0 Å². The van der Waals surface area contributed by atoms with Crippen molar-refractivity contribution in [2.45, 2.75) is 71.5 Å². The average molecular weight is 332 g/mol. The highest BCUT2D eigenvalue weighted by Gasteiger charge is 2.27. The molecule has 2 amide bonds. The number of hydrogen-bond acceptors (Lipinski definition) is 2. The highest BCUT2D eigenvalue weighted by Crippen LogP contribution is 2.20. The van der Waals surface area contributed by atoms with Crippen LogP contribution in [0.2, 0.25) is 0 Å². The molecule has 1 atom stereocenters. The van der Waals surface area contributed by atoms with Gasteiger partial charge in [0.2, 0.25) is 0 Å². The smallest absolute Gasteiger partial charge is 0.315 e. The number of likely N-dealkylation sites (tertiary alicyclic amines) is 1. The summed E-state index contributed by atoms with van der Waals surface area (Å²) in [6.45, 7) is 13.0. The summed E-state index contributed by atoms with van der Waals surface area (Å²) in [7, 11) is 0. The molecule has 0 spiro atoms. The molecule has 1 aromatic rings. The normalized spacial score (nSPS) is 18.2. The molecule has 0 aliphatic carbocycles. The first-order chi connectivity index (χ1) is 11.3. The van der Waals surface area contributed by atoms with Crippen molar-refractivity contribution in [3.05, 3.63) is 35.4 Å². The van der Waals surface area contributed by atoms with Crippen molar-refractivity contribution in [1.82, 2.24) is 15.5 Å². The van der Waals surface area contributed by atoms with Crippen molar-refractivity contribution in [2.75, 3.05) is 13.1 Å². The van der Waals surface area contributed by atoms with Gasteiger partial charge in [0.25, 0.3) is 0 Å². The lowest BCUT2D eigenvalue weighted by Crippen LogP contribution is -2.52. The van der Waals surface area contributed by atoms with Crippen LogP contribution in [0.25, 0.3) is 0 Å². The lowest BCUT2D eigenvalue weighted by molar-refractivity contribution is 0.0977. The SMILES string of the molecule is CCC(NC(=O)NC1CCN(C(C)(C)C)CC1)c1ccc(C)cc1. The van der Waals surface area contributed by atoms with Gasteiger partial charge in [-0.1, -0.05) is 36.8 Å². The van der Waals surface area contributed by atoms with E-state index in [9.17, 15) is 4.79 Å². The first-order valence-corrected chi connectivity index (χ1v) is 9.18. The molecule has 0 bridgehead atoms. The number of nitrogens with zero attached hydrogens (tertiary/aromatic N) is 1. The summed E-state index contributed by atoms with van der Waals surface area (Å²) in [6.07, 6.45) is 2.93. The highest BCUT2D eigenvalue weighted by molar-refractivity contribution is 5.74. The number of piperidine rings is 1. The summed E-state index contributed by atoms with van der Waals surface area (Å²) >= 11 is 0. The maximum absolute atomic E-state index is 12.4. The van der Waals surface area contributed by atoms with Crippen molar-refractivity contribution < 1.29 is 4.79 Å². The Morgan fingerprint density at radius 1 is 1.21 bits per heavy atom. The summed E-state index contributed by atoms with van der Waals surface area (Å²) < 4.78 is 0. The van der Waals surface area contributed by atoms with Gasteiger partial charge in [-0.15, -0.1) is 0 Å². The van der Waals surface area contributed by atoms with Gasteiger partial charge < -0.3 is 10.6 Å². The Morgan fingerprint density at radius 3 is 2.29 bits per heavy atom. The van der Waals surface area contributed by atoms with Crippen LogP contribution in [0.3, 0.4) is 0 Å². The van der Waals surface area contributed by atoms with Crippen LogP contribution in [-0.2, 0) is 0 Å². The van der Waals surface area contributed by atoms with E-state index in [1.165, 1.54) is 11.1 Å². The van der Waals surface area contributed by atoms with E-state index in [4.69, 9.17) is 0 Å². The van der Waals surface area contributed by atoms with Crippen LogP contribution >= 0.6 is 0 Å². The molecule has 0 aromatic heterocycles. The fourth-order valence-electron chi connectivity index (χ4n) is 3.30. The van der Waals surface area contributed by atoms with Gasteiger partial charge in [-0.25, -0.2) is 4.79 Å². The van der Waals surface area contributed by atoms with Gasteiger partial charge in [-0.3, -0.25) is 4.90 Å². The van der Waals surface area contributed by atoms with Gasteiger partial charge >= 0.3 is 6.03 Å². The number of carbonyl (C=O) groups is 1. The molecular formula is C20H33N3O. The Morgan fingerprint density at radius 2 is 1.79 bits per heavy atom. The van der Waals surface area contributed by atoms with Crippen molar-refractivity contribution in [3.63, 3.8) is 0 Å². The Kier molecular flexibility index (Phi) is 6.27. The van der Waals surface area contributed by atoms with Crippen LogP contribution in [0, 0.1) is 6.92 Å². The zero-order chi connectivity index (χ0) is 17.7. The second-order valence-electron chi connectivity index (χ2n) is 7.92. The molecule has 4 heteroatoms. The third kappa shape index (κ3) is 5.23. The number of aryl methyl sites for hydroxylation is 1. The van der Waals surface area contributed by atoms with Crippen LogP contribution in [0.5, 0.6) is 0 Å². The molecule has 1 fully saturated rings. The molecule has 2 rings (SSSR count). The standard InChI is InChI=1S/C20H33N3O/c1-6-18(16-9-7-15(2)8-10-16)22-19(24)21-17-11-13-23(14-12-17)20(3,4)5/h7-10,17-18H,6,11-14H2,1-5H3,(H2,21,22,24). The number of nitrogens with one attached hydrogen (secondary N) is 2. The molecule has 134 valence electrons. The molecule has 1 saturated heterocycles. The Hall–Kier alpha value is -1.55. The number of amides is 2. The summed E-state index contributed by atoms with van der Waals surface area (Å²) in [5.74, 6) is 0. The second kappa shape index (κ2) is 8.02. The third-order valence-electron chi connectivity index (χ3n) is 4.97. The van der Waals surface area contributed by atoms with Crippen molar-refractivity contribution >= 4 is 6.03 Å². The summed E-state index contributed by atoms with van der Waals surface area (Å²) in [5, 5.41) is 6.29. The predicted octanol–water partition coefficient (Wildman–Crippen LogP) is 4.01. The van der Waals surface area contributed by atoms with E-state index in [1.54, 1.807) is 0 Å². The van der Waals surface area contributed by atoms with Crippen LogP contribution in [0.15, 0.2) is 24.3 Å². The van der Waals surface area contributed by atoms with Crippen molar-refractivity contribution in [3.8, 4) is 0 Å². The minimum atomic E-state index is -0.0448. The predicted molar refractivity (Wildman–Crippen MR) is 100 cm³/mol. The fourth-order valence-corrected chi connectivity index (χ4v) is 3.30. The van der Waals surface area contributed by atoms with Gasteiger partial charge in [0, 0.05) is 24.7 Å². The van der Waals surface area contributed by atoms with E-state index in [-0.39, 0.29) is 23.7 Å². The Bertz CT molecular complexity index is 525. The number of benzene rings is 1. The van der Waals surface area contributed by atoms with Gasteiger partial charge in [-0.05, 0) is 52.5 Å². The lowest BCUT2D eigenvalue weighted by Gasteiger charge is -2.41. The van der Waals surface area contributed by atoms with E-state index in [2.05, 4.69) is 74.4 Å². The molecule has 4 nitrogen and oxygen atoms in total. The van der Waals surface area contributed by atoms with Gasteiger partial charge in [0.15, 0.2) is 0 Å². The molecular weight excluding hydrogens is 298 g/mol. The largest absolute Gasteiger partial charge is 0.335 e. The Balaban J connectivity index is 1.83. The summed E-state index contributed by atoms with van der Waals surface area (Å²) in [6, 6.07) is 8.70. The van der Waals surface area contributed by atoms with E-state index < -0.39 is 0 Å². The quantitative estimate of drug-likeness (QED) is 0.875. The minimum Gasteiger partial charge on any atom is -0.335 e. The van der Waals surface area contributed by atoms with Crippen LogP contribution in [0.4, 0.5) is 4.79 Å². The second-order valence-corrected chi connectivity index (χ2v) is 7.92. The number of rotatable bonds is 4. The minimum absolute atomic E-state index is 0.0448. The van der Waals surface area contributed by atoms with Gasteiger partial charge in [-0.2, -0.15) is 0 Å². The van der Waals surface area contributed by atoms with Gasteiger partial charge in [0.1, 0.15) is 0 Å². The monoisotopic (exact) mass is 331 g/mol. The molecule has 1 aromatic carbocycles. The van der Waals surface area contributed by atoms with E-state index in [1.807, 2.05) is 0 Å². The fraction of sp³-hybridized carbons (Fsp3) is 0.650. The summed E-state index contributed by atoms with van der Waals surface area (Å²) in [4.78, 5) is 14.9. The maximum atomic E-state index is 12.4. The number of carbonyl (C=O) groups excluding carboxylic acids is 1. The lowest BCUT2D eigenvalue weighted by atomic mass is 9.98. The maximum Gasteiger partial charge on any atom is 0.315 e. The molecule has 24 heavy (non-hydrogen) atoms. The zero-order valence-corrected chi connectivity index (χ0v) is 15.9. The first-order valence-electron chi connectivity index (χ1n) is 9.18. The van der Waals surface area contributed by atoms with Crippen LogP contribution < -0.4 is 10.6 Å². The topological polar surface area (TPSA) is 44.4 Å². The zero-order valence-electron chi connectivity index (χ0n) is 15.9. The van der Waals surface area contributed by atoms with E-state index in [0.717, 1.165) is 32.4 Å². The van der Waals surface area contributed by atoms with Crippen LogP contribution in [-0.4, -0.2) is 35.6 Å². The molecule has 1 unspecified atom stereocenters. The molecule has 0 saturated carbocycles. The molecule has 1 heterocycles. The third-order valence-corrected chi connectivity index (χ3v) is 4.97. The Labute approximate surface area is 147 Å². The van der Waals surface area contributed by atoms with Crippen molar-refractivity contribution in [1.29, 1.82) is 0 Å². The van der Waals surface area contributed by atoms with Crippen LogP contribution in [0.1, 0.15) is 64.1 Å². The number of hydrogen-bond donors (Lipinski definition) is 2. The molecule has 2 N–H and O–H groups in total. The first kappa shape index (κ1) is 18.8. The molecule has 1 aliphatic heterocycles. The molecule has 0 radical (unpaired) electrons. The highest BCUT2D eigenvalue weighted by atomic mass is 16.2.